The summed E-state index contributed by atoms with van der Waals surface area (Å²) in [7, 11) is -7.01. The molecular weight excluding hydrogens is 791 g/mol. The van der Waals surface area contributed by atoms with E-state index in [4.69, 9.17) is 33.2 Å². The lowest BCUT2D eigenvalue weighted by Gasteiger charge is -2.57. The molecule has 0 saturated heterocycles. The summed E-state index contributed by atoms with van der Waals surface area (Å²) in [4.78, 5) is 0. The molecule has 8 saturated carbocycles. The van der Waals surface area contributed by atoms with Crippen LogP contribution in [0, 0.1) is 35.5 Å². The second kappa shape index (κ2) is 15.9. The first-order valence-corrected chi connectivity index (χ1v) is 22.3. The maximum absolute atomic E-state index is 12.4. The minimum absolute atomic E-state index is 0.121. The molecule has 302 valence electrons. The molecule has 57 heavy (non-hydrogen) atoms. The molecule has 8 fully saturated rings. The zero-order valence-corrected chi connectivity index (χ0v) is 34.0. The quantitative estimate of drug-likeness (QED) is 0.115. The van der Waals surface area contributed by atoms with Gasteiger partial charge in [0.25, 0.3) is 0 Å². The smallest absolute Gasteiger partial charge is 0.423 e. The second-order valence-corrected chi connectivity index (χ2v) is 20.3. The fourth-order valence-corrected chi connectivity index (χ4v) is 13.0. The number of hydrogen-bond acceptors (Lipinski definition) is 5. The van der Waals surface area contributed by atoms with Crippen LogP contribution in [-0.2, 0) is 20.9 Å². The van der Waals surface area contributed by atoms with Gasteiger partial charge in [-0.25, -0.2) is 0 Å². The number of hydrogen-bond donors (Lipinski definition) is 2. The van der Waals surface area contributed by atoms with Crippen LogP contribution in [0.4, 0.5) is 13.2 Å². The van der Waals surface area contributed by atoms with Gasteiger partial charge in [0, 0.05) is 10.0 Å². The molecular formula is C45H48BCl2F3O5S. The number of benzene rings is 4. The van der Waals surface area contributed by atoms with E-state index < -0.39 is 22.7 Å². The van der Waals surface area contributed by atoms with Crippen molar-refractivity contribution in [2.75, 3.05) is 0 Å². The fraction of sp³-hybridized carbons (Fsp3) is 0.467. The van der Waals surface area contributed by atoms with Gasteiger partial charge in [0.15, 0.2) is 0 Å². The Hall–Kier alpha value is -3.02. The lowest BCUT2D eigenvalue weighted by Crippen LogP contribution is -2.48. The third-order valence-electron chi connectivity index (χ3n) is 13.9. The van der Waals surface area contributed by atoms with Gasteiger partial charge in [0.2, 0.25) is 0 Å². The summed E-state index contributed by atoms with van der Waals surface area (Å²) in [6.45, 7) is 0. The Bertz CT molecular complexity index is 2060. The van der Waals surface area contributed by atoms with Crippen LogP contribution in [0.2, 0.25) is 10.0 Å². The monoisotopic (exact) mass is 838 g/mol. The summed E-state index contributed by atoms with van der Waals surface area (Å²) in [5.74, 6) is 5.03. The van der Waals surface area contributed by atoms with Gasteiger partial charge in [-0.15, -0.1) is 0 Å². The zero-order valence-electron chi connectivity index (χ0n) is 31.7. The third-order valence-corrected chi connectivity index (χ3v) is 15.4. The van der Waals surface area contributed by atoms with Crippen LogP contribution in [0.15, 0.2) is 97.1 Å². The first kappa shape index (κ1) is 40.8. The lowest BCUT2D eigenvalue weighted by atomic mass is 9.48. The van der Waals surface area contributed by atoms with Gasteiger partial charge in [0.05, 0.1) is 0 Å². The molecule has 0 radical (unpaired) electrons. The average Bonchev–Trinajstić information content (AvgIpc) is 3.15. The van der Waals surface area contributed by atoms with Gasteiger partial charge in [-0.2, -0.15) is 21.6 Å². The van der Waals surface area contributed by atoms with Crippen LogP contribution >= 0.6 is 23.2 Å². The number of halogens is 5. The molecule has 0 spiro atoms. The van der Waals surface area contributed by atoms with Crippen molar-refractivity contribution < 1.29 is 35.8 Å². The summed E-state index contributed by atoms with van der Waals surface area (Å²) in [6, 6.07) is 30.2. The SMILES string of the molecule is Clc1ccc(-c2ccc(C34CC5CC(CC(C5)C3)C4)cc2)cc1.O=S(=O)(Oc1ccc(C23CC4CC(CC(C4)C2)C3)cc1)C(F)(F)F.OB(O)c1ccc(Cl)cc1. The van der Waals surface area contributed by atoms with Crippen LogP contribution in [-0.4, -0.2) is 31.1 Å². The zero-order chi connectivity index (χ0) is 40.2. The predicted molar refractivity (Wildman–Crippen MR) is 220 cm³/mol. The molecule has 0 heterocycles. The second-order valence-electron chi connectivity index (χ2n) is 17.9. The van der Waals surface area contributed by atoms with E-state index in [0.29, 0.717) is 15.9 Å². The van der Waals surface area contributed by atoms with Crippen LogP contribution in [0.1, 0.15) is 88.2 Å². The molecule has 8 bridgehead atoms. The maximum atomic E-state index is 12.4. The van der Waals surface area contributed by atoms with Gasteiger partial charge >= 0.3 is 22.7 Å². The first-order valence-electron chi connectivity index (χ1n) is 20.2. The average molecular weight is 840 g/mol. The minimum Gasteiger partial charge on any atom is -0.423 e. The van der Waals surface area contributed by atoms with Crippen molar-refractivity contribution in [1.82, 2.24) is 0 Å². The van der Waals surface area contributed by atoms with Crippen molar-refractivity contribution >= 4 is 45.9 Å². The van der Waals surface area contributed by atoms with E-state index in [9.17, 15) is 21.6 Å². The molecule has 0 aromatic heterocycles. The lowest BCUT2D eigenvalue weighted by molar-refractivity contribution is -0.0500. The van der Waals surface area contributed by atoms with Gasteiger partial charge < -0.3 is 14.2 Å². The van der Waals surface area contributed by atoms with E-state index in [2.05, 4.69) is 40.6 Å². The highest BCUT2D eigenvalue weighted by atomic mass is 35.5. The van der Waals surface area contributed by atoms with E-state index in [-0.39, 0.29) is 11.2 Å². The van der Waals surface area contributed by atoms with Gasteiger partial charge in [-0.1, -0.05) is 83.9 Å². The fourth-order valence-electron chi connectivity index (χ4n) is 12.3. The molecule has 4 aromatic rings. The third kappa shape index (κ3) is 8.82. The largest absolute Gasteiger partial charge is 0.534 e. The van der Waals surface area contributed by atoms with Crippen LogP contribution in [0.3, 0.4) is 0 Å². The summed E-state index contributed by atoms with van der Waals surface area (Å²) in [6.07, 6.45) is 16.2. The highest BCUT2D eigenvalue weighted by molar-refractivity contribution is 7.88. The molecule has 2 N–H and O–H groups in total. The normalized spacial score (nSPS) is 30.5. The summed E-state index contributed by atoms with van der Waals surface area (Å²) >= 11 is 11.6. The minimum atomic E-state index is -5.61. The standard InChI is InChI=1S/C22H23Cl.C17H19F3O3S.C6H6BClO2/c23-21-7-3-19(4-8-21)18-1-5-20(6-2-18)22-12-15-9-16(13-22)11-17(10-15)14-22;18-17(19,20)24(21,22)23-15-3-1-14(2-4-15)16-8-11-5-12(9-16)7-13(6-11)10-16;8-6-3-1-5(2-4-6)7(9)10/h1-8,15-17H,9-14H2;1-4,11-13H,5-10H2;1-4,9-10H. The van der Waals surface area contributed by atoms with E-state index >= 15 is 0 Å². The molecule has 8 aliphatic rings. The van der Waals surface area contributed by atoms with E-state index in [1.165, 1.54) is 81.0 Å². The summed E-state index contributed by atoms with van der Waals surface area (Å²) in [5, 5.41) is 18.6. The van der Waals surface area contributed by atoms with Crippen LogP contribution in [0.5, 0.6) is 5.75 Å². The molecule has 0 unspecified atom stereocenters. The Morgan fingerprint density at radius 3 is 1.19 bits per heavy atom. The molecule has 8 aliphatic carbocycles. The van der Waals surface area contributed by atoms with Gasteiger partial charge in [-0.05, 0) is 188 Å². The van der Waals surface area contributed by atoms with Crippen molar-refractivity contribution in [3.8, 4) is 16.9 Å². The molecule has 0 atom stereocenters. The van der Waals surface area contributed by atoms with E-state index in [1.807, 2.05) is 12.1 Å². The highest BCUT2D eigenvalue weighted by Gasteiger charge is 2.53. The van der Waals surface area contributed by atoms with Crippen molar-refractivity contribution in [1.29, 1.82) is 0 Å². The van der Waals surface area contributed by atoms with Crippen molar-refractivity contribution in [3.63, 3.8) is 0 Å². The van der Waals surface area contributed by atoms with E-state index in [1.54, 1.807) is 42.0 Å². The number of rotatable bonds is 6. The molecule has 0 amide bonds. The van der Waals surface area contributed by atoms with Gasteiger partial charge in [-0.3, -0.25) is 0 Å². The Balaban J connectivity index is 0.000000130. The molecule has 0 aliphatic heterocycles. The van der Waals surface area contributed by atoms with Crippen molar-refractivity contribution in [2.24, 2.45) is 35.5 Å². The van der Waals surface area contributed by atoms with E-state index in [0.717, 1.165) is 65.4 Å². The first-order chi connectivity index (χ1) is 27.1. The Kier molecular flexibility index (Phi) is 11.3. The summed E-state index contributed by atoms with van der Waals surface area (Å²) in [5.41, 5.74) is 0.938. The Labute approximate surface area is 344 Å². The Morgan fingerprint density at radius 2 is 0.860 bits per heavy atom. The maximum Gasteiger partial charge on any atom is 0.534 e. The van der Waals surface area contributed by atoms with Crippen LogP contribution in [0.25, 0.3) is 11.1 Å². The van der Waals surface area contributed by atoms with Crippen molar-refractivity contribution in [2.45, 2.75) is 93.4 Å². The molecule has 4 aromatic carbocycles. The topological polar surface area (TPSA) is 83.8 Å². The molecule has 12 rings (SSSR count). The predicted octanol–water partition coefficient (Wildman–Crippen LogP) is 10.9. The van der Waals surface area contributed by atoms with Crippen LogP contribution < -0.4 is 9.65 Å². The molecule has 5 nitrogen and oxygen atoms in total. The molecule has 12 heteroatoms. The summed E-state index contributed by atoms with van der Waals surface area (Å²) < 4.78 is 63.5. The number of alkyl halides is 3. The highest BCUT2D eigenvalue weighted by Crippen LogP contribution is 2.62. The Morgan fingerprint density at radius 1 is 0.544 bits per heavy atom. The van der Waals surface area contributed by atoms with Gasteiger partial charge in [0.1, 0.15) is 5.75 Å². The van der Waals surface area contributed by atoms with Crippen molar-refractivity contribution in [3.05, 3.63) is 118 Å².